The molecule has 0 aromatic carbocycles. The SMILES string of the molecule is COCCN1CC(CNC(=O)c2c[nH]c(=O)[nH]2)CC1=O. The summed E-state index contributed by atoms with van der Waals surface area (Å²) >= 11 is 0. The zero-order valence-corrected chi connectivity index (χ0v) is 11.3. The third-order valence-corrected chi connectivity index (χ3v) is 3.25. The van der Waals surface area contributed by atoms with Crippen LogP contribution in [0.4, 0.5) is 0 Å². The number of likely N-dealkylation sites (tertiary alicyclic amines) is 1. The lowest BCUT2D eigenvalue weighted by Crippen LogP contribution is -2.32. The summed E-state index contributed by atoms with van der Waals surface area (Å²) in [5, 5.41) is 2.71. The summed E-state index contributed by atoms with van der Waals surface area (Å²) in [4.78, 5) is 40.8. The van der Waals surface area contributed by atoms with Crippen LogP contribution in [-0.2, 0) is 9.53 Å². The zero-order valence-electron chi connectivity index (χ0n) is 11.3. The average Bonchev–Trinajstić information content (AvgIpc) is 3.00. The molecule has 1 aromatic heterocycles. The molecular formula is C12H18N4O4. The molecule has 1 atom stereocenters. The minimum atomic E-state index is -0.420. The summed E-state index contributed by atoms with van der Waals surface area (Å²) in [6.45, 7) is 2.10. The number of H-pyrrole nitrogens is 2. The van der Waals surface area contributed by atoms with Crippen molar-refractivity contribution in [3.8, 4) is 0 Å². The minimum Gasteiger partial charge on any atom is -0.383 e. The quantitative estimate of drug-likeness (QED) is 0.617. The molecule has 8 heteroatoms. The van der Waals surface area contributed by atoms with Crippen molar-refractivity contribution in [2.45, 2.75) is 6.42 Å². The van der Waals surface area contributed by atoms with Gasteiger partial charge >= 0.3 is 5.69 Å². The van der Waals surface area contributed by atoms with Gasteiger partial charge in [0.25, 0.3) is 5.91 Å². The molecule has 8 nitrogen and oxygen atoms in total. The van der Waals surface area contributed by atoms with Crippen molar-refractivity contribution in [1.29, 1.82) is 0 Å². The van der Waals surface area contributed by atoms with Crippen molar-refractivity contribution in [1.82, 2.24) is 20.2 Å². The summed E-state index contributed by atoms with van der Waals surface area (Å²) in [6, 6.07) is 0. The molecule has 1 saturated heterocycles. The van der Waals surface area contributed by atoms with Crippen LogP contribution in [0.3, 0.4) is 0 Å². The van der Waals surface area contributed by atoms with Gasteiger partial charge in [-0.15, -0.1) is 0 Å². The van der Waals surface area contributed by atoms with Gasteiger partial charge in [-0.25, -0.2) is 4.79 Å². The van der Waals surface area contributed by atoms with E-state index in [2.05, 4.69) is 15.3 Å². The van der Waals surface area contributed by atoms with Crippen LogP contribution < -0.4 is 11.0 Å². The predicted molar refractivity (Wildman–Crippen MR) is 70.3 cm³/mol. The zero-order chi connectivity index (χ0) is 14.5. The van der Waals surface area contributed by atoms with Crippen LogP contribution in [0.25, 0.3) is 0 Å². The topological polar surface area (TPSA) is 107 Å². The van der Waals surface area contributed by atoms with Crippen LogP contribution in [-0.4, -0.2) is 60.0 Å². The van der Waals surface area contributed by atoms with E-state index in [1.165, 1.54) is 6.20 Å². The molecule has 2 rings (SSSR count). The summed E-state index contributed by atoms with van der Waals surface area (Å²) in [7, 11) is 1.59. The second-order valence-corrected chi connectivity index (χ2v) is 4.77. The second-order valence-electron chi connectivity index (χ2n) is 4.77. The molecule has 20 heavy (non-hydrogen) atoms. The first-order chi connectivity index (χ1) is 9.60. The van der Waals surface area contributed by atoms with Crippen molar-refractivity contribution in [3.63, 3.8) is 0 Å². The third kappa shape index (κ3) is 3.47. The lowest BCUT2D eigenvalue weighted by Gasteiger charge is -2.16. The van der Waals surface area contributed by atoms with Gasteiger partial charge in [-0.2, -0.15) is 0 Å². The van der Waals surface area contributed by atoms with E-state index < -0.39 is 5.69 Å². The Kier molecular flexibility index (Phi) is 4.57. The summed E-state index contributed by atoms with van der Waals surface area (Å²) < 4.78 is 4.94. The fraction of sp³-hybridized carbons (Fsp3) is 0.583. The number of aromatic nitrogens is 2. The van der Waals surface area contributed by atoms with E-state index in [0.29, 0.717) is 32.7 Å². The first kappa shape index (κ1) is 14.3. The first-order valence-electron chi connectivity index (χ1n) is 6.42. The molecule has 0 bridgehead atoms. The minimum absolute atomic E-state index is 0.0800. The number of rotatable bonds is 6. The highest BCUT2D eigenvalue weighted by Crippen LogP contribution is 2.16. The lowest BCUT2D eigenvalue weighted by atomic mass is 10.1. The monoisotopic (exact) mass is 282 g/mol. The molecule has 1 fully saturated rings. The Morgan fingerprint density at radius 2 is 2.35 bits per heavy atom. The molecule has 1 aromatic rings. The maximum Gasteiger partial charge on any atom is 0.323 e. The van der Waals surface area contributed by atoms with Crippen LogP contribution in [0.15, 0.2) is 11.0 Å². The smallest absolute Gasteiger partial charge is 0.323 e. The Hall–Kier alpha value is -2.09. The molecular weight excluding hydrogens is 264 g/mol. The molecule has 1 unspecified atom stereocenters. The molecule has 2 heterocycles. The van der Waals surface area contributed by atoms with Gasteiger partial charge in [-0.1, -0.05) is 0 Å². The summed E-state index contributed by atoms with van der Waals surface area (Å²) in [5.41, 5.74) is -0.229. The van der Waals surface area contributed by atoms with Crippen LogP contribution in [0.2, 0.25) is 0 Å². The van der Waals surface area contributed by atoms with Gasteiger partial charge in [0.15, 0.2) is 0 Å². The van der Waals surface area contributed by atoms with E-state index in [1.54, 1.807) is 12.0 Å². The number of amides is 2. The van der Waals surface area contributed by atoms with Gasteiger partial charge in [0.1, 0.15) is 5.69 Å². The van der Waals surface area contributed by atoms with Gasteiger partial charge in [-0.05, 0) is 0 Å². The molecule has 3 N–H and O–H groups in total. The normalized spacial score (nSPS) is 18.6. The number of nitrogens with one attached hydrogen (secondary N) is 3. The van der Waals surface area contributed by atoms with Crippen LogP contribution in [0, 0.1) is 5.92 Å². The Morgan fingerprint density at radius 3 is 3.00 bits per heavy atom. The average molecular weight is 282 g/mol. The second kappa shape index (κ2) is 6.38. The Bertz CT molecular complexity index is 536. The van der Waals surface area contributed by atoms with Crippen molar-refractivity contribution in [2.75, 3.05) is 33.4 Å². The van der Waals surface area contributed by atoms with Crippen LogP contribution in [0.1, 0.15) is 16.9 Å². The highest BCUT2D eigenvalue weighted by molar-refractivity contribution is 5.92. The standard InChI is InChI=1S/C12H18N4O4/c1-20-3-2-16-7-8(4-10(16)17)5-13-11(18)9-6-14-12(19)15-9/h6,8H,2-5,7H2,1H3,(H,13,18)(H2,14,15,19). The van der Waals surface area contributed by atoms with E-state index in [0.717, 1.165) is 0 Å². The number of imidazole rings is 1. The van der Waals surface area contributed by atoms with Crippen molar-refractivity contribution < 1.29 is 14.3 Å². The fourth-order valence-electron chi connectivity index (χ4n) is 2.20. The van der Waals surface area contributed by atoms with Crippen molar-refractivity contribution >= 4 is 11.8 Å². The maximum atomic E-state index is 11.7. The highest BCUT2D eigenvalue weighted by Gasteiger charge is 2.29. The Morgan fingerprint density at radius 1 is 1.55 bits per heavy atom. The molecule has 0 spiro atoms. The molecule has 0 radical (unpaired) electrons. The molecule has 0 saturated carbocycles. The highest BCUT2D eigenvalue weighted by atomic mass is 16.5. The molecule has 2 amide bonds. The van der Waals surface area contributed by atoms with E-state index >= 15 is 0 Å². The maximum absolute atomic E-state index is 11.7. The first-order valence-corrected chi connectivity index (χ1v) is 6.42. The van der Waals surface area contributed by atoms with Crippen molar-refractivity contribution in [2.24, 2.45) is 5.92 Å². The third-order valence-electron chi connectivity index (χ3n) is 3.25. The lowest BCUT2D eigenvalue weighted by molar-refractivity contribution is -0.128. The van der Waals surface area contributed by atoms with Gasteiger partial charge in [0, 0.05) is 45.3 Å². The summed E-state index contributed by atoms with van der Waals surface area (Å²) in [6.07, 6.45) is 1.75. The van der Waals surface area contributed by atoms with Gasteiger partial charge in [0.05, 0.1) is 6.61 Å². The number of carbonyl (C=O) groups is 2. The number of hydrogen-bond acceptors (Lipinski definition) is 4. The number of nitrogens with zero attached hydrogens (tertiary/aromatic N) is 1. The number of ether oxygens (including phenoxy) is 1. The Labute approximate surface area is 115 Å². The van der Waals surface area contributed by atoms with Crippen LogP contribution in [0.5, 0.6) is 0 Å². The number of hydrogen-bond donors (Lipinski definition) is 3. The predicted octanol–water partition coefficient (Wildman–Crippen LogP) is -1.07. The largest absolute Gasteiger partial charge is 0.383 e. The van der Waals surface area contributed by atoms with E-state index in [4.69, 9.17) is 4.74 Å². The fourth-order valence-corrected chi connectivity index (χ4v) is 2.20. The molecule has 1 aliphatic rings. The van der Waals surface area contributed by atoms with Crippen molar-refractivity contribution in [3.05, 3.63) is 22.4 Å². The Balaban J connectivity index is 1.79. The number of aromatic amines is 2. The summed E-state index contributed by atoms with van der Waals surface area (Å²) in [5.74, 6) is -0.184. The molecule has 1 aliphatic heterocycles. The molecule has 0 aliphatic carbocycles. The van der Waals surface area contributed by atoms with E-state index in [9.17, 15) is 14.4 Å². The number of methoxy groups -OCH3 is 1. The van der Waals surface area contributed by atoms with Gasteiger partial charge in [-0.3, -0.25) is 9.59 Å². The number of carbonyl (C=O) groups excluding carboxylic acids is 2. The van der Waals surface area contributed by atoms with Gasteiger partial charge < -0.3 is 24.9 Å². The van der Waals surface area contributed by atoms with Gasteiger partial charge in [0.2, 0.25) is 5.91 Å². The van der Waals surface area contributed by atoms with E-state index in [-0.39, 0.29) is 23.4 Å². The van der Waals surface area contributed by atoms with Crippen LogP contribution >= 0.6 is 0 Å². The molecule has 110 valence electrons. The van der Waals surface area contributed by atoms with E-state index in [1.807, 2.05) is 0 Å².